The van der Waals surface area contributed by atoms with E-state index in [4.69, 9.17) is 9.94 Å². The Bertz CT molecular complexity index is 967. The van der Waals surface area contributed by atoms with Crippen LogP contribution in [0.25, 0.3) is 0 Å². The van der Waals surface area contributed by atoms with Gasteiger partial charge in [0.2, 0.25) is 0 Å². The van der Waals surface area contributed by atoms with E-state index < -0.39 is 18.3 Å². The first kappa shape index (κ1) is 21.9. The molecule has 164 valence electrons. The van der Waals surface area contributed by atoms with Gasteiger partial charge in [-0.25, -0.2) is 9.97 Å². The molecule has 0 aliphatic carbocycles. The molecule has 0 bridgehead atoms. The molecule has 31 heavy (non-hydrogen) atoms. The van der Waals surface area contributed by atoms with Crippen LogP contribution in [0, 0.1) is 0 Å². The highest BCUT2D eigenvalue weighted by Crippen LogP contribution is 2.16. The predicted molar refractivity (Wildman–Crippen MR) is 110 cm³/mol. The normalized spacial score (nSPS) is 15.8. The number of anilines is 2. The van der Waals surface area contributed by atoms with E-state index in [1.54, 1.807) is 37.4 Å². The topological polar surface area (TPSA) is 167 Å². The van der Waals surface area contributed by atoms with Crippen LogP contribution in [0.4, 0.5) is 11.5 Å². The summed E-state index contributed by atoms with van der Waals surface area (Å²) in [5, 5.41) is 20.1. The number of carbonyl (C=O) groups excluding carboxylic acids is 2. The molecule has 2 aromatic rings. The molecule has 0 spiro atoms. The van der Waals surface area contributed by atoms with E-state index in [2.05, 4.69) is 36.7 Å². The summed E-state index contributed by atoms with van der Waals surface area (Å²) in [6, 6.07) is 6.22. The molecular formula is C19H23N7O5. The molecule has 1 aromatic heterocycles. The number of hydroxylamine groups is 1. The van der Waals surface area contributed by atoms with E-state index in [0.29, 0.717) is 23.6 Å². The molecule has 12 heteroatoms. The number of amides is 2. The van der Waals surface area contributed by atoms with E-state index in [9.17, 15) is 14.4 Å². The molecule has 6 N–H and O–H groups in total. The maximum absolute atomic E-state index is 12.2. The summed E-state index contributed by atoms with van der Waals surface area (Å²) in [5.41, 5.74) is 4.45. The van der Waals surface area contributed by atoms with Crippen LogP contribution in [0.1, 0.15) is 39.9 Å². The van der Waals surface area contributed by atoms with Crippen molar-refractivity contribution in [3.05, 3.63) is 47.4 Å². The fourth-order valence-electron chi connectivity index (χ4n) is 2.88. The maximum atomic E-state index is 12.2. The zero-order valence-electron chi connectivity index (χ0n) is 16.9. The third-order valence-electron chi connectivity index (χ3n) is 4.31. The molecule has 0 saturated heterocycles. The molecule has 1 aliphatic heterocycles. The van der Waals surface area contributed by atoms with Crippen molar-refractivity contribution in [3.63, 3.8) is 0 Å². The average Bonchev–Trinajstić information content (AvgIpc) is 2.72. The van der Waals surface area contributed by atoms with Gasteiger partial charge in [0.05, 0.1) is 32.0 Å². The number of carboxylic acid groups (broad SMARTS) is 1. The van der Waals surface area contributed by atoms with Crippen LogP contribution < -0.4 is 26.7 Å². The van der Waals surface area contributed by atoms with Crippen molar-refractivity contribution in [2.75, 3.05) is 17.7 Å². The quantitative estimate of drug-likeness (QED) is 0.305. The van der Waals surface area contributed by atoms with Crippen molar-refractivity contribution in [2.24, 2.45) is 0 Å². The minimum atomic E-state index is -0.975. The number of benzene rings is 1. The lowest BCUT2D eigenvalue weighted by Gasteiger charge is -2.26. The summed E-state index contributed by atoms with van der Waals surface area (Å²) in [6.45, 7) is 1.94. The molecular weight excluding hydrogens is 406 g/mol. The molecule has 2 amide bonds. The minimum absolute atomic E-state index is 0.149. The molecule has 2 heterocycles. The zero-order chi connectivity index (χ0) is 22.4. The summed E-state index contributed by atoms with van der Waals surface area (Å²) in [7, 11) is 1.43. The number of aromatic nitrogens is 2. The SMILES string of the molecule is CONC1NC(=O)c2nc(CNc3ccc(C(=O)NC(C)CC(=O)O)cc3)cnc2N1. The summed E-state index contributed by atoms with van der Waals surface area (Å²) in [6.07, 6.45) is 0.795. The van der Waals surface area contributed by atoms with Crippen molar-refractivity contribution in [3.8, 4) is 0 Å². The van der Waals surface area contributed by atoms with Crippen LogP contribution >= 0.6 is 0 Å². The Kier molecular flexibility index (Phi) is 6.95. The van der Waals surface area contributed by atoms with Crippen LogP contribution in [0.2, 0.25) is 0 Å². The minimum Gasteiger partial charge on any atom is -0.481 e. The van der Waals surface area contributed by atoms with Crippen LogP contribution in [-0.2, 0) is 16.2 Å². The molecule has 1 aromatic carbocycles. The fourth-order valence-corrected chi connectivity index (χ4v) is 2.88. The summed E-state index contributed by atoms with van der Waals surface area (Å²) in [4.78, 5) is 48.4. The highest BCUT2D eigenvalue weighted by molar-refractivity contribution is 5.98. The number of aliphatic carboxylic acids is 1. The van der Waals surface area contributed by atoms with Gasteiger partial charge in [-0.05, 0) is 31.2 Å². The van der Waals surface area contributed by atoms with Crippen molar-refractivity contribution in [1.82, 2.24) is 26.1 Å². The third kappa shape index (κ3) is 5.87. The molecule has 0 fully saturated rings. The fraction of sp³-hybridized carbons (Fsp3) is 0.316. The van der Waals surface area contributed by atoms with E-state index in [1.165, 1.54) is 7.11 Å². The smallest absolute Gasteiger partial charge is 0.305 e. The monoisotopic (exact) mass is 429 g/mol. The molecule has 3 rings (SSSR count). The average molecular weight is 429 g/mol. The van der Waals surface area contributed by atoms with Gasteiger partial charge in [-0.3, -0.25) is 14.4 Å². The molecule has 2 atom stereocenters. The van der Waals surface area contributed by atoms with Gasteiger partial charge in [-0.2, -0.15) is 5.48 Å². The van der Waals surface area contributed by atoms with E-state index >= 15 is 0 Å². The Balaban J connectivity index is 1.57. The van der Waals surface area contributed by atoms with Gasteiger partial charge in [0.1, 0.15) is 0 Å². The van der Waals surface area contributed by atoms with Crippen molar-refractivity contribution >= 4 is 29.3 Å². The molecule has 2 unspecified atom stereocenters. The zero-order valence-corrected chi connectivity index (χ0v) is 16.9. The second-order valence-electron chi connectivity index (χ2n) is 6.83. The highest BCUT2D eigenvalue weighted by Gasteiger charge is 2.26. The van der Waals surface area contributed by atoms with Gasteiger partial charge in [-0.15, -0.1) is 0 Å². The van der Waals surface area contributed by atoms with Crippen LogP contribution in [0.5, 0.6) is 0 Å². The Morgan fingerprint density at radius 2 is 2.00 bits per heavy atom. The highest BCUT2D eigenvalue weighted by atomic mass is 16.6. The van der Waals surface area contributed by atoms with Gasteiger partial charge < -0.3 is 31.2 Å². The Hall–Kier alpha value is -3.77. The van der Waals surface area contributed by atoms with E-state index in [-0.39, 0.29) is 23.9 Å². The lowest BCUT2D eigenvalue weighted by Crippen LogP contribution is -2.53. The van der Waals surface area contributed by atoms with Crippen molar-refractivity contribution < 1.29 is 24.3 Å². The van der Waals surface area contributed by atoms with Crippen molar-refractivity contribution in [1.29, 1.82) is 0 Å². The summed E-state index contributed by atoms with van der Waals surface area (Å²) >= 11 is 0. The first-order chi connectivity index (χ1) is 14.9. The van der Waals surface area contributed by atoms with Gasteiger partial charge in [0, 0.05) is 17.3 Å². The van der Waals surface area contributed by atoms with Gasteiger partial charge >= 0.3 is 5.97 Å². The van der Waals surface area contributed by atoms with Crippen LogP contribution in [0.3, 0.4) is 0 Å². The lowest BCUT2D eigenvalue weighted by molar-refractivity contribution is -0.137. The predicted octanol–water partition coefficient (Wildman–Crippen LogP) is 0.272. The Morgan fingerprint density at radius 1 is 1.26 bits per heavy atom. The summed E-state index contributed by atoms with van der Waals surface area (Å²) in [5.74, 6) is -1.36. The van der Waals surface area contributed by atoms with Crippen LogP contribution in [0.15, 0.2) is 30.5 Å². The third-order valence-corrected chi connectivity index (χ3v) is 4.31. The largest absolute Gasteiger partial charge is 0.481 e. The van der Waals surface area contributed by atoms with Gasteiger partial charge in [-0.1, -0.05) is 0 Å². The molecule has 12 nitrogen and oxygen atoms in total. The number of carbonyl (C=O) groups is 3. The summed E-state index contributed by atoms with van der Waals surface area (Å²) < 4.78 is 0. The lowest BCUT2D eigenvalue weighted by atomic mass is 10.1. The first-order valence-electron chi connectivity index (χ1n) is 9.44. The number of hydrogen-bond donors (Lipinski definition) is 6. The number of nitrogens with zero attached hydrogens (tertiary/aromatic N) is 2. The van der Waals surface area contributed by atoms with E-state index in [1.807, 2.05) is 0 Å². The van der Waals surface area contributed by atoms with E-state index in [0.717, 1.165) is 5.69 Å². The Labute approximate surface area is 177 Å². The van der Waals surface area contributed by atoms with Gasteiger partial charge in [0.25, 0.3) is 11.8 Å². The first-order valence-corrected chi connectivity index (χ1v) is 9.44. The number of rotatable bonds is 9. The Morgan fingerprint density at radius 3 is 2.68 bits per heavy atom. The van der Waals surface area contributed by atoms with Crippen LogP contribution in [-0.4, -0.2) is 52.3 Å². The molecule has 1 aliphatic rings. The number of carboxylic acids is 1. The number of fused-ring (bicyclic) bond motifs is 1. The maximum Gasteiger partial charge on any atom is 0.305 e. The number of nitrogens with one attached hydrogen (secondary N) is 5. The molecule has 0 saturated carbocycles. The van der Waals surface area contributed by atoms with Crippen molar-refractivity contribution in [2.45, 2.75) is 32.2 Å². The molecule has 0 radical (unpaired) electrons. The second-order valence-corrected chi connectivity index (χ2v) is 6.83. The number of hydrogen-bond acceptors (Lipinski definition) is 9. The standard InChI is InChI=1S/C19H23N7O5/c1-10(7-14(27)28)22-17(29)11-3-5-12(6-4-11)20-8-13-9-21-16-15(23-13)18(30)25-19(24-16)26-31-2/h3-6,9-10,19-20,26H,7-8H2,1-2H3,(H,21,24)(H,22,29)(H,25,30)(H,27,28). The van der Waals surface area contributed by atoms with Gasteiger partial charge in [0.15, 0.2) is 17.8 Å². The second kappa shape index (κ2) is 9.82.